The van der Waals surface area contributed by atoms with Crippen molar-refractivity contribution in [2.24, 2.45) is 0 Å². The van der Waals surface area contributed by atoms with Crippen molar-refractivity contribution in [3.8, 4) is 0 Å². The van der Waals surface area contributed by atoms with Gasteiger partial charge in [-0.25, -0.2) is 13.2 Å². The molecule has 9 heteroatoms. The van der Waals surface area contributed by atoms with E-state index in [1.807, 2.05) is 6.92 Å². The number of sulfonamides is 1. The number of rotatable bonds is 7. The molecular formula is C11H16N2O5S2. The average Bonchev–Trinajstić information content (AvgIpc) is 2.86. The summed E-state index contributed by atoms with van der Waals surface area (Å²) in [6.45, 7) is 2.07. The number of carboxylic acids is 1. The molecule has 0 aliphatic carbocycles. The van der Waals surface area contributed by atoms with Gasteiger partial charge in [0.2, 0.25) is 5.91 Å². The Labute approximate surface area is 121 Å². The predicted octanol–water partition coefficient (Wildman–Crippen LogP) is 0.593. The molecule has 0 saturated carbocycles. The molecule has 2 N–H and O–H groups in total. The Kier molecular flexibility index (Phi) is 5.66. The number of amides is 1. The number of aromatic carboxylic acids is 1. The van der Waals surface area contributed by atoms with Crippen molar-refractivity contribution in [3.05, 3.63) is 17.0 Å². The molecule has 0 spiro atoms. The van der Waals surface area contributed by atoms with Crippen LogP contribution in [-0.4, -0.2) is 49.8 Å². The molecule has 1 rings (SSSR count). The van der Waals surface area contributed by atoms with Crippen LogP contribution in [0.1, 0.15) is 23.0 Å². The first-order valence-electron chi connectivity index (χ1n) is 5.85. The normalized spacial score (nSPS) is 11.6. The topological polar surface area (TPSA) is 104 Å². The third-order valence-electron chi connectivity index (χ3n) is 2.40. The van der Waals surface area contributed by atoms with Crippen LogP contribution in [0.3, 0.4) is 0 Å². The van der Waals surface area contributed by atoms with Crippen LogP contribution >= 0.6 is 11.3 Å². The van der Waals surface area contributed by atoms with Gasteiger partial charge in [-0.3, -0.25) is 4.79 Å². The van der Waals surface area contributed by atoms with Gasteiger partial charge in [0.15, 0.2) is 0 Å². The van der Waals surface area contributed by atoms with Crippen molar-refractivity contribution in [2.45, 2.75) is 17.6 Å². The fourth-order valence-corrected chi connectivity index (χ4v) is 3.82. The number of hydrogen-bond acceptors (Lipinski definition) is 5. The van der Waals surface area contributed by atoms with Crippen LogP contribution in [0, 0.1) is 0 Å². The van der Waals surface area contributed by atoms with Gasteiger partial charge in [0.05, 0.1) is 6.54 Å². The molecule has 0 fully saturated rings. The monoisotopic (exact) mass is 320 g/mol. The first-order chi connectivity index (χ1) is 9.28. The van der Waals surface area contributed by atoms with Gasteiger partial charge >= 0.3 is 5.97 Å². The number of carbonyl (C=O) groups excluding carboxylic acids is 1. The minimum absolute atomic E-state index is 0.0626. The first-order valence-corrected chi connectivity index (χ1v) is 8.11. The Hall–Kier alpha value is -1.45. The smallest absolute Gasteiger partial charge is 0.345 e. The highest BCUT2D eigenvalue weighted by Gasteiger charge is 2.25. The van der Waals surface area contributed by atoms with Gasteiger partial charge in [0.1, 0.15) is 9.09 Å². The minimum Gasteiger partial charge on any atom is -0.477 e. The van der Waals surface area contributed by atoms with Crippen molar-refractivity contribution in [1.82, 2.24) is 9.62 Å². The van der Waals surface area contributed by atoms with E-state index < -0.39 is 21.9 Å². The summed E-state index contributed by atoms with van der Waals surface area (Å²) in [7, 11) is -2.57. The second-order valence-electron chi connectivity index (χ2n) is 4.03. The van der Waals surface area contributed by atoms with Crippen molar-refractivity contribution in [1.29, 1.82) is 0 Å². The molecule has 7 nitrogen and oxygen atoms in total. The highest BCUT2D eigenvalue weighted by atomic mass is 32.2. The number of carbonyl (C=O) groups is 2. The molecule has 0 bridgehead atoms. The molecule has 0 aliphatic rings. The number of hydrogen-bond donors (Lipinski definition) is 2. The number of nitrogens with zero attached hydrogens (tertiary/aromatic N) is 1. The van der Waals surface area contributed by atoms with E-state index in [0.717, 1.165) is 10.7 Å². The summed E-state index contributed by atoms with van der Waals surface area (Å²) >= 11 is 0.660. The fraction of sp³-hybridized carbons (Fsp3) is 0.455. The van der Waals surface area contributed by atoms with E-state index >= 15 is 0 Å². The van der Waals surface area contributed by atoms with E-state index in [0.29, 0.717) is 17.9 Å². The molecule has 1 aromatic heterocycles. The second kappa shape index (κ2) is 6.82. The molecule has 0 unspecified atom stereocenters. The Morgan fingerprint density at radius 3 is 2.55 bits per heavy atom. The molecule has 112 valence electrons. The molecule has 1 amide bonds. The van der Waals surface area contributed by atoms with Gasteiger partial charge in [-0.1, -0.05) is 6.92 Å². The van der Waals surface area contributed by atoms with Crippen LogP contribution in [0.4, 0.5) is 0 Å². The van der Waals surface area contributed by atoms with Gasteiger partial charge in [-0.15, -0.1) is 11.3 Å². The van der Waals surface area contributed by atoms with Gasteiger partial charge in [0.25, 0.3) is 10.0 Å². The summed E-state index contributed by atoms with van der Waals surface area (Å²) in [4.78, 5) is 22.2. The Morgan fingerprint density at radius 2 is 2.05 bits per heavy atom. The molecule has 0 saturated heterocycles. The standard InChI is InChI=1S/C11H16N2O5S2/c1-3-6-12-9(14)7-13(2)20(17,18)10-5-4-8(19-10)11(15)16/h4-5H,3,6-7H2,1-2H3,(H,12,14)(H,15,16). The molecule has 0 radical (unpaired) electrons. The molecule has 1 heterocycles. The third kappa shape index (κ3) is 4.02. The Bertz CT molecular complexity index is 594. The maximum absolute atomic E-state index is 12.1. The summed E-state index contributed by atoms with van der Waals surface area (Å²) in [5.74, 6) is -1.58. The van der Waals surface area contributed by atoms with E-state index in [4.69, 9.17) is 5.11 Å². The summed E-state index contributed by atoms with van der Waals surface area (Å²) < 4.78 is 25.1. The molecule has 0 aliphatic heterocycles. The van der Waals surface area contributed by atoms with Gasteiger partial charge in [-0.05, 0) is 18.6 Å². The maximum atomic E-state index is 12.1. The maximum Gasteiger partial charge on any atom is 0.345 e. The molecular weight excluding hydrogens is 304 g/mol. The van der Waals surface area contributed by atoms with Crippen LogP contribution in [-0.2, 0) is 14.8 Å². The van der Waals surface area contributed by atoms with E-state index in [9.17, 15) is 18.0 Å². The predicted molar refractivity (Wildman–Crippen MR) is 74.4 cm³/mol. The first kappa shape index (κ1) is 16.6. The van der Waals surface area contributed by atoms with Gasteiger partial charge in [0, 0.05) is 13.6 Å². The zero-order valence-electron chi connectivity index (χ0n) is 11.1. The number of thiophene rings is 1. The zero-order chi connectivity index (χ0) is 15.3. The lowest BCUT2D eigenvalue weighted by molar-refractivity contribution is -0.121. The summed E-state index contributed by atoms with van der Waals surface area (Å²) in [6, 6.07) is 2.45. The molecule has 20 heavy (non-hydrogen) atoms. The van der Waals surface area contributed by atoms with E-state index in [1.165, 1.54) is 19.2 Å². The molecule has 0 aromatic carbocycles. The minimum atomic E-state index is -3.84. The highest BCUT2D eigenvalue weighted by Crippen LogP contribution is 2.24. The summed E-state index contributed by atoms with van der Waals surface area (Å²) in [6.07, 6.45) is 0.759. The van der Waals surface area contributed by atoms with Crippen LogP contribution in [0.15, 0.2) is 16.3 Å². The second-order valence-corrected chi connectivity index (χ2v) is 7.39. The SMILES string of the molecule is CCCNC(=O)CN(C)S(=O)(=O)c1ccc(C(=O)O)s1. The van der Waals surface area contributed by atoms with Crippen LogP contribution in [0.25, 0.3) is 0 Å². The summed E-state index contributed by atoms with van der Waals surface area (Å²) in [5.41, 5.74) is 0. The van der Waals surface area contributed by atoms with Crippen molar-refractivity contribution in [2.75, 3.05) is 20.1 Å². The Balaban J connectivity index is 2.81. The lowest BCUT2D eigenvalue weighted by atomic mass is 10.4. The number of likely N-dealkylation sites (N-methyl/N-ethyl adjacent to an activating group) is 1. The third-order valence-corrected chi connectivity index (χ3v) is 5.74. The van der Waals surface area contributed by atoms with Gasteiger partial charge in [-0.2, -0.15) is 4.31 Å². The van der Waals surface area contributed by atoms with Crippen molar-refractivity contribution >= 4 is 33.2 Å². The average molecular weight is 320 g/mol. The quantitative estimate of drug-likeness (QED) is 0.765. The highest BCUT2D eigenvalue weighted by molar-refractivity contribution is 7.91. The van der Waals surface area contributed by atoms with E-state index in [2.05, 4.69) is 5.32 Å². The van der Waals surface area contributed by atoms with E-state index in [1.54, 1.807) is 0 Å². The lowest BCUT2D eigenvalue weighted by Crippen LogP contribution is -2.38. The van der Waals surface area contributed by atoms with Gasteiger partial charge < -0.3 is 10.4 Å². The van der Waals surface area contributed by atoms with Crippen LogP contribution in [0.2, 0.25) is 0 Å². The van der Waals surface area contributed by atoms with E-state index in [-0.39, 0.29) is 15.6 Å². The van der Waals surface area contributed by atoms with Crippen molar-refractivity contribution < 1.29 is 23.1 Å². The summed E-state index contributed by atoms with van der Waals surface area (Å²) in [5, 5.41) is 11.4. The Morgan fingerprint density at radius 1 is 1.40 bits per heavy atom. The zero-order valence-corrected chi connectivity index (χ0v) is 12.8. The molecule has 1 aromatic rings. The van der Waals surface area contributed by atoms with Crippen molar-refractivity contribution in [3.63, 3.8) is 0 Å². The van der Waals surface area contributed by atoms with Crippen LogP contribution in [0.5, 0.6) is 0 Å². The van der Waals surface area contributed by atoms with Crippen LogP contribution < -0.4 is 5.32 Å². The number of carboxylic acid groups (broad SMARTS) is 1. The largest absolute Gasteiger partial charge is 0.477 e. The molecule has 0 atom stereocenters. The fourth-order valence-electron chi connectivity index (χ4n) is 1.33. The lowest BCUT2D eigenvalue weighted by Gasteiger charge is -2.15. The number of nitrogens with one attached hydrogen (secondary N) is 1.